The van der Waals surface area contributed by atoms with Crippen molar-refractivity contribution in [1.82, 2.24) is 10.2 Å². The second-order valence-electron chi connectivity index (χ2n) is 5.32. The predicted octanol–water partition coefficient (Wildman–Crippen LogP) is 1.93. The first-order chi connectivity index (χ1) is 9.16. The van der Waals surface area contributed by atoms with Crippen molar-refractivity contribution >= 4 is 0 Å². The molecule has 1 aliphatic heterocycles. The number of nitrogens with zero attached hydrogens (tertiary/aromatic N) is 1. The lowest BCUT2D eigenvalue weighted by molar-refractivity contribution is 0.167. The summed E-state index contributed by atoms with van der Waals surface area (Å²) < 4.78 is 12.8. The molecule has 1 fully saturated rings. The Hall–Kier alpha value is -0.970. The summed E-state index contributed by atoms with van der Waals surface area (Å²) in [5.41, 5.74) is 0.753. The molecule has 0 amide bonds. The van der Waals surface area contributed by atoms with E-state index >= 15 is 0 Å². The zero-order valence-electron chi connectivity index (χ0n) is 11.5. The molecule has 0 saturated carbocycles. The van der Waals surface area contributed by atoms with Gasteiger partial charge in [-0.1, -0.05) is 12.1 Å². The zero-order valence-corrected chi connectivity index (χ0v) is 11.5. The molecule has 0 radical (unpaired) electrons. The summed E-state index contributed by atoms with van der Waals surface area (Å²) in [6, 6.07) is 6.52. The van der Waals surface area contributed by atoms with Crippen LogP contribution in [-0.2, 0) is 0 Å². The maximum absolute atomic E-state index is 12.8. The maximum Gasteiger partial charge on any atom is 0.123 e. The van der Waals surface area contributed by atoms with Gasteiger partial charge in [0.1, 0.15) is 5.82 Å². The lowest BCUT2D eigenvalue weighted by Crippen LogP contribution is -2.39. The number of aliphatic hydroxyl groups is 1. The van der Waals surface area contributed by atoms with Crippen molar-refractivity contribution in [2.24, 2.45) is 0 Å². The standard InChI is InChI=1S/C15H23FN2O/c1-12(18-8-2-3-9-18)10-17-11-15(19)13-4-6-14(16)7-5-13/h4-7,12,15,17,19H,2-3,8-11H2,1H3. The zero-order chi connectivity index (χ0) is 13.7. The molecular weight excluding hydrogens is 243 g/mol. The summed E-state index contributed by atoms with van der Waals surface area (Å²) in [4.78, 5) is 2.47. The smallest absolute Gasteiger partial charge is 0.123 e. The molecule has 106 valence electrons. The van der Waals surface area contributed by atoms with E-state index in [2.05, 4.69) is 17.1 Å². The van der Waals surface area contributed by atoms with E-state index in [-0.39, 0.29) is 5.82 Å². The second kappa shape index (κ2) is 6.98. The van der Waals surface area contributed by atoms with Gasteiger partial charge in [0.15, 0.2) is 0 Å². The molecule has 3 nitrogen and oxygen atoms in total. The molecule has 1 aromatic rings. The van der Waals surface area contributed by atoms with Crippen molar-refractivity contribution in [3.8, 4) is 0 Å². The number of likely N-dealkylation sites (tertiary alicyclic amines) is 1. The molecule has 1 heterocycles. The molecule has 0 aliphatic carbocycles. The van der Waals surface area contributed by atoms with E-state index in [0.29, 0.717) is 12.6 Å². The normalized spacial score (nSPS) is 19.5. The largest absolute Gasteiger partial charge is 0.387 e. The lowest BCUT2D eigenvalue weighted by atomic mass is 10.1. The van der Waals surface area contributed by atoms with E-state index in [0.717, 1.165) is 12.1 Å². The third-order valence-electron chi connectivity index (χ3n) is 3.80. The molecule has 1 aromatic carbocycles. The summed E-state index contributed by atoms with van der Waals surface area (Å²) in [5.74, 6) is -0.272. The molecule has 2 unspecified atom stereocenters. The van der Waals surface area contributed by atoms with E-state index in [4.69, 9.17) is 0 Å². The van der Waals surface area contributed by atoms with Gasteiger partial charge in [-0.3, -0.25) is 4.90 Å². The second-order valence-corrected chi connectivity index (χ2v) is 5.32. The molecule has 2 rings (SSSR count). The minimum absolute atomic E-state index is 0.272. The maximum atomic E-state index is 12.8. The van der Waals surface area contributed by atoms with Crippen molar-refractivity contribution in [3.05, 3.63) is 35.6 Å². The molecule has 1 aliphatic rings. The molecule has 2 N–H and O–H groups in total. The first-order valence-electron chi connectivity index (χ1n) is 7.05. The number of rotatable bonds is 6. The number of benzene rings is 1. The van der Waals surface area contributed by atoms with Crippen LogP contribution < -0.4 is 5.32 Å². The summed E-state index contributed by atoms with van der Waals surface area (Å²) in [5, 5.41) is 13.3. The van der Waals surface area contributed by atoms with Gasteiger partial charge in [0.05, 0.1) is 6.10 Å². The monoisotopic (exact) mass is 266 g/mol. The minimum Gasteiger partial charge on any atom is -0.387 e. The highest BCUT2D eigenvalue weighted by Crippen LogP contribution is 2.13. The Labute approximate surface area is 114 Å². The Balaban J connectivity index is 1.71. The van der Waals surface area contributed by atoms with Gasteiger partial charge >= 0.3 is 0 Å². The van der Waals surface area contributed by atoms with Crippen LogP contribution in [0.15, 0.2) is 24.3 Å². The van der Waals surface area contributed by atoms with Crippen molar-refractivity contribution < 1.29 is 9.50 Å². The van der Waals surface area contributed by atoms with Crippen LogP contribution in [0.3, 0.4) is 0 Å². The number of halogens is 1. The Bertz CT molecular complexity index is 376. The summed E-state index contributed by atoms with van der Waals surface area (Å²) in [7, 11) is 0. The molecule has 0 spiro atoms. The van der Waals surface area contributed by atoms with Gasteiger partial charge in [-0.15, -0.1) is 0 Å². The van der Waals surface area contributed by atoms with Crippen molar-refractivity contribution in [3.63, 3.8) is 0 Å². The highest BCUT2D eigenvalue weighted by Gasteiger charge is 2.17. The van der Waals surface area contributed by atoms with Crippen molar-refractivity contribution in [1.29, 1.82) is 0 Å². The number of aliphatic hydroxyl groups excluding tert-OH is 1. The van der Waals surface area contributed by atoms with E-state index in [1.54, 1.807) is 12.1 Å². The molecule has 0 aromatic heterocycles. The SMILES string of the molecule is CC(CNCC(O)c1ccc(F)cc1)N1CCCC1. The fourth-order valence-electron chi connectivity index (χ4n) is 2.54. The van der Waals surface area contributed by atoms with E-state index < -0.39 is 6.10 Å². The van der Waals surface area contributed by atoms with E-state index in [1.165, 1.54) is 38.1 Å². The fourth-order valence-corrected chi connectivity index (χ4v) is 2.54. The topological polar surface area (TPSA) is 35.5 Å². The van der Waals surface area contributed by atoms with Gasteiger partial charge in [0, 0.05) is 19.1 Å². The quantitative estimate of drug-likeness (QED) is 0.826. The van der Waals surface area contributed by atoms with E-state index in [1.807, 2.05) is 0 Å². The fraction of sp³-hybridized carbons (Fsp3) is 0.600. The lowest BCUT2D eigenvalue weighted by Gasteiger charge is -2.24. The van der Waals surface area contributed by atoms with Crippen molar-refractivity contribution in [2.75, 3.05) is 26.2 Å². The molecule has 4 heteroatoms. The summed E-state index contributed by atoms with van der Waals surface area (Å²) in [6.07, 6.45) is 2.01. The highest BCUT2D eigenvalue weighted by molar-refractivity contribution is 5.18. The van der Waals surface area contributed by atoms with Crippen LogP contribution in [0.1, 0.15) is 31.4 Å². The van der Waals surface area contributed by atoms with Crippen LogP contribution in [0.5, 0.6) is 0 Å². The van der Waals surface area contributed by atoms with E-state index in [9.17, 15) is 9.50 Å². The molecule has 2 atom stereocenters. The Morgan fingerprint density at radius 2 is 1.84 bits per heavy atom. The summed E-state index contributed by atoms with van der Waals surface area (Å²) in [6.45, 7) is 5.96. The molecule has 1 saturated heterocycles. The first-order valence-corrected chi connectivity index (χ1v) is 7.05. The van der Waals surface area contributed by atoms with Crippen LogP contribution in [0.4, 0.5) is 4.39 Å². The van der Waals surface area contributed by atoms with Crippen LogP contribution in [0.25, 0.3) is 0 Å². The van der Waals surface area contributed by atoms with Crippen LogP contribution in [-0.4, -0.2) is 42.2 Å². The van der Waals surface area contributed by atoms with Crippen LogP contribution >= 0.6 is 0 Å². The van der Waals surface area contributed by atoms with Gasteiger partial charge in [-0.2, -0.15) is 0 Å². The Kier molecular flexibility index (Phi) is 5.31. The van der Waals surface area contributed by atoms with Gasteiger partial charge in [-0.25, -0.2) is 4.39 Å². The van der Waals surface area contributed by atoms with Crippen LogP contribution in [0, 0.1) is 5.82 Å². The number of hydrogen-bond acceptors (Lipinski definition) is 3. The third-order valence-corrected chi connectivity index (χ3v) is 3.80. The average molecular weight is 266 g/mol. The minimum atomic E-state index is -0.577. The van der Waals surface area contributed by atoms with Crippen LogP contribution in [0.2, 0.25) is 0 Å². The predicted molar refractivity (Wildman–Crippen MR) is 74.5 cm³/mol. The average Bonchev–Trinajstić information content (AvgIpc) is 2.93. The molecular formula is C15H23FN2O. The highest BCUT2D eigenvalue weighted by atomic mass is 19.1. The molecule has 19 heavy (non-hydrogen) atoms. The van der Waals surface area contributed by atoms with Crippen molar-refractivity contribution in [2.45, 2.75) is 31.9 Å². The third kappa shape index (κ3) is 4.27. The Morgan fingerprint density at radius 3 is 2.47 bits per heavy atom. The van der Waals surface area contributed by atoms with Gasteiger partial charge in [0.2, 0.25) is 0 Å². The van der Waals surface area contributed by atoms with Gasteiger partial charge < -0.3 is 10.4 Å². The van der Waals surface area contributed by atoms with Gasteiger partial charge in [-0.05, 0) is 50.6 Å². The number of hydrogen-bond donors (Lipinski definition) is 2. The number of nitrogens with one attached hydrogen (secondary N) is 1. The molecule has 0 bridgehead atoms. The Morgan fingerprint density at radius 1 is 1.21 bits per heavy atom. The van der Waals surface area contributed by atoms with Gasteiger partial charge in [0.25, 0.3) is 0 Å². The summed E-state index contributed by atoms with van der Waals surface area (Å²) >= 11 is 0. The first kappa shape index (κ1) is 14.4.